The van der Waals surface area contributed by atoms with Crippen LogP contribution >= 0.6 is 11.8 Å². The van der Waals surface area contributed by atoms with E-state index in [9.17, 15) is 4.79 Å². The fourth-order valence-electron chi connectivity index (χ4n) is 3.13. The summed E-state index contributed by atoms with van der Waals surface area (Å²) in [4.78, 5) is 16.6. The van der Waals surface area contributed by atoms with E-state index < -0.39 is 5.91 Å². The van der Waals surface area contributed by atoms with E-state index in [4.69, 9.17) is 14.9 Å². The molecule has 0 fully saturated rings. The van der Waals surface area contributed by atoms with Gasteiger partial charge in [0.15, 0.2) is 5.84 Å². The number of thioether (sulfide) groups is 1. The van der Waals surface area contributed by atoms with Gasteiger partial charge in [-0.2, -0.15) is 15.1 Å². The lowest BCUT2D eigenvalue weighted by Gasteiger charge is -2.20. The van der Waals surface area contributed by atoms with Crippen molar-refractivity contribution in [3.8, 4) is 11.5 Å². The maximum Gasteiger partial charge on any atom is 0.283 e. The van der Waals surface area contributed by atoms with Gasteiger partial charge in [0, 0.05) is 6.42 Å². The van der Waals surface area contributed by atoms with Crippen molar-refractivity contribution in [1.29, 1.82) is 5.41 Å². The molecular weight excluding hydrogens is 424 g/mol. The molecule has 0 saturated carbocycles. The van der Waals surface area contributed by atoms with Gasteiger partial charge in [-0.3, -0.25) is 10.2 Å². The Labute approximate surface area is 191 Å². The monoisotopic (exact) mass is 448 g/mol. The van der Waals surface area contributed by atoms with Crippen LogP contribution in [0.15, 0.2) is 70.3 Å². The summed E-state index contributed by atoms with van der Waals surface area (Å²) in [5, 5.41) is 15.7. The summed E-state index contributed by atoms with van der Waals surface area (Å²) >= 11 is 1.36. The quantitative estimate of drug-likeness (QED) is 0.463. The number of hydrazone groups is 1. The molecule has 8 heteroatoms. The highest BCUT2D eigenvalue weighted by molar-refractivity contribution is 8.26. The Bertz CT molecular complexity index is 1090. The molecule has 2 heterocycles. The zero-order chi connectivity index (χ0) is 22.5. The van der Waals surface area contributed by atoms with E-state index in [1.807, 2.05) is 54.6 Å². The van der Waals surface area contributed by atoms with Crippen LogP contribution in [0.5, 0.6) is 11.5 Å². The number of hydrogen-bond acceptors (Lipinski definition) is 6. The molecule has 2 aromatic carbocycles. The zero-order valence-electron chi connectivity index (χ0n) is 17.9. The fourth-order valence-corrected chi connectivity index (χ4v) is 4.22. The minimum atomic E-state index is -0.423. The molecule has 2 aliphatic heterocycles. The summed E-state index contributed by atoms with van der Waals surface area (Å²) in [6.45, 7) is 5.07. The van der Waals surface area contributed by atoms with Gasteiger partial charge in [0.05, 0.1) is 5.57 Å². The molecular formula is C24H24N4O3S. The zero-order valence-corrected chi connectivity index (χ0v) is 18.8. The average molecular weight is 449 g/mol. The lowest BCUT2D eigenvalue weighted by atomic mass is 10.1. The van der Waals surface area contributed by atoms with Crippen molar-refractivity contribution >= 4 is 39.8 Å². The van der Waals surface area contributed by atoms with Crippen LogP contribution in [0.3, 0.4) is 0 Å². The third-order valence-corrected chi connectivity index (χ3v) is 5.57. The molecule has 7 nitrogen and oxygen atoms in total. The van der Waals surface area contributed by atoms with Crippen LogP contribution in [0.1, 0.15) is 25.8 Å². The number of aliphatic imine (C=N–C) groups is 1. The minimum Gasteiger partial charge on any atom is -0.490 e. The first-order valence-electron chi connectivity index (χ1n) is 10.4. The van der Waals surface area contributed by atoms with E-state index >= 15 is 0 Å². The van der Waals surface area contributed by atoms with Crippen molar-refractivity contribution in [3.63, 3.8) is 0 Å². The largest absolute Gasteiger partial charge is 0.490 e. The van der Waals surface area contributed by atoms with Gasteiger partial charge >= 0.3 is 0 Å². The summed E-state index contributed by atoms with van der Waals surface area (Å²) in [5.41, 5.74) is 0.997. The number of fused-ring (bicyclic) bond motifs is 1. The smallest absolute Gasteiger partial charge is 0.283 e. The van der Waals surface area contributed by atoms with E-state index in [-0.39, 0.29) is 11.4 Å². The number of benzene rings is 2. The molecule has 2 aromatic rings. The van der Waals surface area contributed by atoms with Crippen LogP contribution in [0, 0.1) is 11.3 Å². The summed E-state index contributed by atoms with van der Waals surface area (Å²) in [6.07, 6.45) is 2.45. The SMILES string of the molecule is CC(C)CC1=NN2C(=N)C(=Cc3ccc(OCCOc4ccccc4)cc3)C(=O)N=C2S1. The van der Waals surface area contributed by atoms with Crippen molar-refractivity contribution in [1.82, 2.24) is 5.01 Å². The van der Waals surface area contributed by atoms with E-state index in [1.54, 1.807) is 6.08 Å². The molecule has 1 amide bonds. The number of nitrogens with one attached hydrogen (secondary N) is 1. The second-order valence-electron chi connectivity index (χ2n) is 7.69. The Morgan fingerprint density at radius 2 is 1.69 bits per heavy atom. The highest BCUT2D eigenvalue weighted by Gasteiger charge is 2.35. The van der Waals surface area contributed by atoms with Crippen molar-refractivity contribution < 1.29 is 14.3 Å². The van der Waals surface area contributed by atoms with Gasteiger partial charge in [-0.1, -0.05) is 44.2 Å². The highest BCUT2D eigenvalue weighted by Crippen LogP contribution is 2.30. The Balaban J connectivity index is 1.37. The summed E-state index contributed by atoms with van der Waals surface area (Å²) in [6, 6.07) is 16.9. The van der Waals surface area contributed by atoms with E-state index in [1.165, 1.54) is 16.8 Å². The van der Waals surface area contributed by atoms with Gasteiger partial charge in [-0.25, -0.2) is 0 Å². The van der Waals surface area contributed by atoms with E-state index in [0.29, 0.717) is 30.0 Å². The molecule has 4 rings (SSSR count). The molecule has 0 aromatic heterocycles. The maximum absolute atomic E-state index is 12.5. The number of hydrogen-bond donors (Lipinski definition) is 1. The number of nitrogens with zero attached hydrogens (tertiary/aromatic N) is 3. The van der Waals surface area contributed by atoms with Crippen LogP contribution in [-0.2, 0) is 4.79 Å². The Morgan fingerprint density at radius 1 is 1.03 bits per heavy atom. The number of carbonyl (C=O) groups excluding carboxylic acids is 1. The third-order valence-electron chi connectivity index (χ3n) is 4.63. The van der Waals surface area contributed by atoms with Gasteiger partial charge < -0.3 is 9.47 Å². The fraction of sp³-hybridized carbons (Fsp3) is 0.250. The molecule has 0 unspecified atom stereocenters. The van der Waals surface area contributed by atoms with Crippen molar-refractivity contribution in [2.24, 2.45) is 16.0 Å². The molecule has 0 atom stereocenters. The summed E-state index contributed by atoms with van der Waals surface area (Å²) in [5.74, 6) is 1.57. The highest BCUT2D eigenvalue weighted by atomic mass is 32.2. The van der Waals surface area contributed by atoms with Crippen molar-refractivity contribution in [2.45, 2.75) is 20.3 Å². The van der Waals surface area contributed by atoms with Crippen LogP contribution in [0.25, 0.3) is 6.08 Å². The van der Waals surface area contributed by atoms with Crippen molar-refractivity contribution in [3.05, 3.63) is 65.7 Å². The molecule has 0 radical (unpaired) electrons. The number of para-hydroxylation sites is 1. The van der Waals surface area contributed by atoms with E-state index in [0.717, 1.165) is 22.8 Å². The standard InChI is InChI=1S/C24H24N4O3S/c1-16(2)14-21-27-28-22(25)20(23(29)26-24(28)32-21)15-17-8-10-19(11-9-17)31-13-12-30-18-6-4-3-5-7-18/h3-11,15-16,25H,12-14H2,1-2H3. The van der Waals surface area contributed by atoms with E-state index in [2.05, 4.69) is 23.9 Å². The first kappa shape index (κ1) is 21.8. The normalized spacial score (nSPS) is 16.8. The molecule has 0 spiro atoms. The molecule has 1 N–H and O–H groups in total. The lowest BCUT2D eigenvalue weighted by molar-refractivity contribution is -0.114. The van der Waals surface area contributed by atoms with Gasteiger partial charge in [0.2, 0.25) is 5.17 Å². The molecule has 2 aliphatic rings. The van der Waals surface area contributed by atoms with Crippen LogP contribution < -0.4 is 9.47 Å². The number of amides is 1. The predicted molar refractivity (Wildman–Crippen MR) is 128 cm³/mol. The number of carbonyl (C=O) groups is 1. The lowest BCUT2D eigenvalue weighted by Crippen LogP contribution is -2.35. The Kier molecular flexibility index (Phi) is 6.70. The number of rotatable bonds is 8. The van der Waals surface area contributed by atoms with Gasteiger partial charge in [-0.05, 0) is 53.6 Å². The number of ether oxygens (including phenoxy) is 2. The average Bonchev–Trinajstić information content (AvgIpc) is 3.17. The minimum absolute atomic E-state index is 0.0460. The maximum atomic E-state index is 12.5. The second-order valence-corrected chi connectivity index (χ2v) is 8.73. The molecule has 164 valence electrons. The predicted octanol–water partition coefficient (Wildman–Crippen LogP) is 4.81. The molecule has 0 aliphatic carbocycles. The topological polar surface area (TPSA) is 87.3 Å². The van der Waals surface area contributed by atoms with Crippen LogP contribution in [0.2, 0.25) is 0 Å². The molecule has 0 saturated heterocycles. The van der Waals surface area contributed by atoms with Gasteiger partial charge in [-0.15, -0.1) is 0 Å². The number of amidine groups is 2. The van der Waals surface area contributed by atoms with Crippen molar-refractivity contribution in [2.75, 3.05) is 13.2 Å². The summed E-state index contributed by atoms with van der Waals surface area (Å²) < 4.78 is 11.3. The first-order chi connectivity index (χ1) is 15.5. The first-order valence-corrected chi connectivity index (χ1v) is 11.2. The Hall–Kier alpha value is -3.39. The van der Waals surface area contributed by atoms with Gasteiger partial charge in [0.1, 0.15) is 29.8 Å². The summed E-state index contributed by atoms with van der Waals surface area (Å²) in [7, 11) is 0. The Morgan fingerprint density at radius 3 is 2.34 bits per heavy atom. The molecule has 32 heavy (non-hydrogen) atoms. The third kappa shape index (κ3) is 5.26. The second kappa shape index (κ2) is 9.82. The molecule has 0 bridgehead atoms. The van der Waals surface area contributed by atoms with Crippen LogP contribution in [-0.4, -0.2) is 40.2 Å². The van der Waals surface area contributed by atoms with Crippen LogP contribution in [0.4, 0.5) is 0 Å². The van der Waals surface area contributed by atoms with Gasteiger partial charge in [0.25, 0.3) is 5.91 Å².